The molecule has 2 fully saturated rings. The van der Waals surface area contributed by atoms with Crippen LogP contribution >= 0.6 is 0 Å². The molecule has 10 heteroatoms. The van der Waals surface area contributed by atoms with Crippen LogP contribution in [0.2, 0.25) is 0 Å². The number of nitrogens with zero attached hydrogens (tertiary/aromatic N) is 3. The molecule has 218 valence electrons. The Bertz CT molecular complexity index is 1610. The van der Waals surface area contributed by atoms with Gasteiger partial charge in [0.15, 0.2) is 0 Å². The van der Waals surface area contributed by atoms with Gasteiger partial charge in [-0.2, -0.15) is 5.10 Å². The topological polar surface area (TPSA) is 141 Å². The second-order valence-corrected chi connectivity index (χ2v) is 12.3. The minimum absolute atomic E-state index is 0.00478. The van der Waals surface area contributed by atoms with Crippen LogP contribution in [0.15, 0.2) is 67.1 Å². The fourth-order valence-electron chi connectivity index (χ4n) is 6.06. The summed E-state index contributed by atoms with van der Waals surface area (Å²) in [5.41, 5.74) is 8.54. The molecule has 0 radical (unpaired) electrons. The number of nitrogens with two attached hydrogens (primary N) is 1. The summed E-state index contributed by atoms with van der Waals surface area (Å²) in [4.78, 5) is 29.2. The van der Waals surface area contributed by atoms with Crippen LogP contribution in [-0.2, 0) is 11.2 Å². The van der Waals surface area contributed by atoms with Crippen LogP contribution in [0.1, 0.15) is 55.5 Å². The first-order valence-electron chi connectivity index (χ1n) is 14.2. The van der Waals surface area contributed by atoms with Gasteiger partial charge >= 0.3 is 0 Å². The smallest absolute Gasteiger partial charge is 0.252 e. The average molecular weight is 570 g/mol. The van der Waals surface area contributed by atoms with E-state index in [1.165, 1.54) is 0 Å². The van der Waals surface area contributed by atoms with Crippen molar-refractivity contribution in [3.05, 3.63) is 78.2 Å². The fourth-order valence-corrected chi connectivity index (χ4v) is 6.06. The van der Waals surface area contributed by atoms with E-state index < -0.39 is 11.5 Å². The minimum atomic E-state index is -0.934. The number of pyridine rings is 2. The van der Waals surface area contributed by atoms with Gasteiger partial charge in [-0.25, -0.2) is 4.52 Å². The molecular weight excluding hydrogens is 534 g/mol. The lowest BCUT2D eigenvalue weighted by atomic mass is 9.53. The predicted octanol–water partition coefficient (Wildman–Crippen LogP) is 3.69. The molecule has 0 aliphatic heterocycles. The molecular formula is C32H35N5O5. The third-order valence-corrected chi connectivity index (χ3v) is 8.06. The lowest BCUT2D eigenvalue weighted by Gasteiger charge is -2.57. The van der Waals surface area contributed by atoms with Crippen molar-refractivity contribution < 1.29 is 24.2 Å². The quantitative estimate of drug-likeness (QED) is 0.265. The number of carbonyl (C=O) groups is 2. The first-order chi connectivity index (χ1) is 20.1. The van der Waals surface area contributed by atoms with Crippen molar-refractivity contribution in [1.29, 1.82) is 0 Å². The fraction of sp³-hybridized carbons (Fsp3) is 0.375. The summed E-state index contributed by atoms with van der Waals surface area (Å²) in [5, 5.41) is 17.4. The van der Waals surface area contributed by atoms with Crippen molar-refractivity contribution in [1.82, 2.24) is 19.9 Å². The molecule has 0 atom stereocenters. The van der Waals surface area contributed by atoms with Crippen molar-refractivity contribution in [2.45, 2.75) is 63.7 Å². The monoisotopic (exact) mass is 569 g/mol. The molecule has 0 unspecified atom stereocenters. The molecule has 10 nitrogen and oxygen atoms in total. The second-order valence-electron chi connectivity index (χ2n) is 12.3. The average Bonchev–Trinajstić information content (AvgIpc) is 3.31. The van der Waals surface area contributed by atoms with Crippen LogP contribution in [0.5, 0.6) is 11.5 Å². The molecule has 4 aromatic rings. The number of hydrogen-bond acceptors (Lipinski definition) is 7. The number of ether oxygens (including phenoxy) is 2. The highest BCUT2D eigenvalue weighted by Gasteiger charge is 2.54. The van der Waals surface area contributed by atoms with E-state index in [-0.39, 0.29) is 36.5 Å². The zero-order valence-corrected chi connectivity index (χ0v) is 23.7. The van der Waals surface area contributed by atoms with Gasteiger partial charge in [-0.3, -0.25) is 14.6 Å². The van der Waals surface area contributed by atoms with E-state index in [9.17, 15) is 14.7 Å². The van der Waals surface area contributed by atoms with Gasteiger partial charge in [-0.15, -0.1) is 0 Å². The summed E-state index contributed by atoms with van der Waals surface area (Å²) in [6, 6.07) is 14.9. The highest BCUT2D eigenvalue weighted by Crippen LogP contribution is 2.57. The first-order valence-corrected chi connectivity index (χ1v) is 14.2. The van der Waals surface area contributed by atoms with Crippen LogP contribution in [0.3, 0.4) is 0 Å². The SMILES string of the molecule is CC(C)(O)COc1ccc2c(CC(=O)NC3CC4(C3)CC(Oc3cc(-c5ccccn5)ccc3C(N)=O)C4)cnn2c1. The van der Waals surface area contributed by atoms with Crippen LogP contribution in [0, 0.1) is 5.41 Å². The number of aliphatic hydroxyl groups is 1. The van der Waals surface area contributed by atoms with Crippen molar-refractivity contribution in [3.8, 4) is 22.8 Å². The molecule has 1 spiro atoms. The number of aromatic nitrogens is 3. The van der Waals surface area contributed by atoms with Gasteiger partial charge in [-0.1, -0.05) is 12.1 Å². The number of fused-ring (bicyclic) bond motifs is 1. The summed E-state index contributed by atoms with van der Waals surface area (Å²) >= 11 is 0. The Morgan fingerprint density at radius 2 is 1.95 bits per heavy atom. The Morgan fingerprint density at radius 3 is 2.67 bits per heavy atom. The Morgan fingerprint density at radius 1 is 1.14 bits per heavy atom. The zero-order chi connectivity index (χ0) is 29.5. The van der Waals surface area contributed by atoms with Crippen molar-refractivity contribution >= 4 is 17.3 Å². The Hall–Kier alpha value is -4.44. The standard InChI is InChI=1S/C32H35N5O5/c1-31(2,40)19-41-23-7-9-27-21(17-35-37(27)18-23)12-29(38)36-22-13-32(14-22)15-24(16-32)42-28-11-20(6-8-25(28)30(33)39)26-5-3-4-10-34-26/h3-11,17-18,22,24,40H,12-16,19H2,1-2H3,(H2,33,39)(H,36,38). The molecule has 3 aromatic heterocycles. The molecule has 0 bridgehead atoms. The maximum absolute atomic E-state index is 12.8. The maximum atomic E-state index is 12.8. The number of hydrogen-bond donors (Lipinski definition) is 3. The molecule has 2 saturated carbocycles. The Balaban J connectivity index is 0.998. The van der Waals surface area contributed by atoms with Gasteiger partial charge in [-0.05, 0) is 81.3 Å². The van der Waals surface area contributed by atoms with Gasteiger partial charge < -0.3 is 25.6 Å². The summed E-state index contributed by atoms with van der Waals surface area (Å²) in [6.45, 7) is 3.53. The summed E-state index contributed by atoms with van der Waals surface area (Å²) in [5.74, 6) is 0.525. The Kier molecular flexibility index (Phi) is 7.10. The van der Waals surface area contributed by atoms with Gasteiger partial charge in [0.25, 0.3) is 5.91 Å². The summed E-state index contributed by atoms with van der Waals surface area (Å²) in [7, 11) is 0. The van der Waals surface area contributed by atoms with Gasteiger partial charge in [0.1, 0.15) is 18.1 Å². The number of carbonyl (C=O) groups excluding carboxylic acids is 2. The summed E-state index contributed by atoms with van der Waals surface area (Å²) in [6.07, 6.45) is 8.97. The maximum Gasteiger partial charge on any atom is 0.252 e. The molecule has 6 rings (SSSR count). The van der Waals surface area contributed by atoms with Crippen LogP contribution in [-0.4, -0.2) is 55.9 Å². The van der Waals surface area contributed by atoms with Crippen molar-refractivity contribution in [2.24, 2.45) is 11.1 Å². The second kappa shape index (κ2) is 10.8. The molecule has 3 heterocycles. The Labute approximate surface area is 243 Å². The van der Waals surface area contributed by atoms with E-state index in [2.05, 4.69) is 15.4 Å². The zero-order valence-electron chi connectivity index (χ0n) is 23.7. The highest BCUT2D eigenvalue weighted by atomic mass is 16.5. The van der Waals surface area contributed by atoms with E-state index in [4.69, 9.17) is 15.2 Å². The lowest BCUT2D eigenvalue weighted by Crippen LogP contribution is -2.59. The van der Waals surface area contributed by atoms with Gasteiger partial charge in [0.05, 0.1) is 47.3 Å². The van der Waals surface area contributed by atoms with Crippen molar-refractivity contribution in [2.75, 3.05) is 6.61 Å². The molecule has 1 aromatic carbocycles. The largest absolute Gasteiger partial charge is 0.490 e. The van der Waals surface area contributed by atoms with E-state index in [1.807, 2.05) is 42.5 Å². The predicted molar refractivity (Wildman–Crippen MR) is 156 cm³/mol. The third-order valence-electron chi connectivity index (χ3n) is 8.06. The van der Waals surface area contributed by atoms with Gasteiger partial charge in [0, 0.05) is 23.4 Å². The summed E-state index contributed by atoms with van der Waals surface area (Å²) < 4.78 is 13.6. The van der Waals surface area contributed by atoms with E-state index >= 15 is 0 Å². The molecule has 4 N–H and O–H groups in total. The molecule has 2 amide bonds. The van der Waals surface area contributed by atoms with E-state index in [0.29, 0.717) is 17.1 Å². The van der Waals surface area contributed by atoms with E-state index in [1.54, 1.807) is 43.0 Å². The number of benzene rings is 1. The first kappa shape index (κ1) is 27.7. The molecule has 2 aliphatic rings. The minimum Gasteiger partial charge on any atom is -0.490 e. The van der Waals surface area contributed by atoms with Crippen LogP contribution in [0.4, 0.5) is 0 Å². The number of nitrogens with one attached hydrogen (secondary N) is 1. The van der Waals surface area contributed by atoms with E-state index in [0.717, 1.165) is 48.0 Å². The van der Waals surface area contributed by atoms with Crippen LogP contribution < -0.4 is 20.5 Å². The molecule has 2 aliphatic carbocycles. The molecule has 42 heavy (non-hydrogen) atoms. The highest BCUT2D eigenvalue weighted by molar-refractivity contribution is 5.96. The van der Waals surface area contributed by atoms with Gasteiger partial charge in [0.2, 0.25) is 5.91 Å². The van der Waals surface area contributed by atoms with Crippen molar-refractivity contribution in [3.63, 3.8) is 0 Å². The third kappa shape index (κ3) is 5.94. The van der Waals surface area contributed by atoms with Crippen LogP contribution in [0.25, 0.3) is 16.8 Å². The number of rotatable bonds is 10. The molecule has 0 saturated heterocycles. The number of amides is 2. The number of primary amides is 1. The lowest BCUT2D eigenvalue weighted by molar-refractivity contribution is -0.126. The normalized spacial score (nSPS) is 21.4.